The minimum Gasteiger partial charge on any atom is -0.383 e. The van der Waals surface area contributed by atoms with Gasteiger partial charge in [0.05, 0.1) is 5.69 Å². The standard InChI is InChI=1S/C13H23N3O/c1-5-16-10-11(6-7-12(16)17)14-8-9-15-13(2,3)4/h6-7,10,14-15H,5,8-9H2,1-4H3. The molecule has 4 nitrogen and oxygen atoms in total. The van der Waals surface area contributed by atoms with Gasteiger partial charge in [-0.25, -0.2) is 0 Å². The van der Waals surface area contributed by atoms with Crippen molar-refractivity contribution in [1.82, 2.24) is 9.88 Å². The molecule has 0 saturated heterocycles. The van der Waals surface area contributed by atoms with E-state index in [0.29, 0.717) is 6.54 Å². The van der Waals surface area contributed by atoms with Gasteiger partial charge in [0.1, 0.15) is 0 Å². The summed E-state index contributed by atoms with van der Waals surface area (Å²) in [6.45, 7) is 10.8. The maximum atomic E-state index is 11.4. The van der Waals surface area contributed by atoms with Crippen molar-refractivity contribution in [3.63, 3.8) is 0 Å². The zero-order valence-corrected chi connectivity index (χ0v) is 11.2. The number of nitrogens with zero attached hydrogens (tertiary/aromatic N) is 1. The molecule has 96 valence electrons. The molecule has 0 aliphatic carbocycles. The summed E-state index contributed by atoms with van der Waals surface area (Å²) in [5.74, 6) is 0. The highest BCUT2D eigenvalue weighted by atomic mass is 16.1. The summed E-state index contributed by atoms with van der Waals surface area (Å²) in [4.78, 5) is 11.4. The molecule has 0 radical (unpaired) electrons. The van der Waals surface area contributed by atoms with Crippen LogP contribution in [0.4, 0.5) is 5.69 Å². The van der Waals surface area contributed by atoms with Crippen LogP contribution in [0.15, 0.2) is 23.1 Å². The molecule has 1 aromatic heterocycles. The van der Waals surface area contributed by atoms with E-state index < -0.39 is 0 Å². The first-order chi connectivity index (χ1) is 7.92. The third-order valence-corrected chi connectivity index (χ3v) is 2.43. The Bertz CT molecular complexity index is 404. The molecule has 2 N–H and O–H groups in total. The maximum absolute atomic E-state index is 11.4. The fourth-order valence-corrected chi connectivity index (χ4v) is 1.53. The van der Waals surface area contributed by atoms with E-state index in [0.717, 1.165) is 18.8 Å². The summed E-state index contributed by atoms with van der Waals surface area (Å²) in [5.41, 5.74) is 1.18. The van der Waals surface area contributed by atoms with Gasteiger partial charge in [-0.3, -0.25) is 4.79 Å². The van der Waals surface area contributed by atoms with E-state index in [1.807, 2.05) is 19.2 Å². The third-order valence-electron chi connectivity index (χ3n) is 2.43. The van der Waals surface area contributed by atoms with Crippen LogP contribution in [0, 0.1) is 0 Å². The van der Waals surface area contributed by atoms with Crippen molar-refractivity contribution in [2.24, 2.45) is 0 Å². The molecule has 1 heterocycles. The quantitative estimate of drug-likeness (QED) is 0.766. The highest BCUT2D eigenvalue weighted by Crippen LogP contribution is 2.02. The molecule has 4 heteroatoms. The lowest BCUT2D eigenvalue weighted by Crippen LogP contribution is -2.38. The van der Waals surface area contributed by atoms with Crippen molar-refractivity contribution < 1.29 is 0 Å². The lowest BCUT2D eigenvalue weighted by molar-refractivity contribution is 0.435. The molecule has 0 spiro atoms. The SMILES string of the molecule is CCn1cc(NCCNC(C)(C)C)ccc1=O. The normalized spacial score (nSPS) is 11.5. The lowest BCUT2D eigenvalue weighted by Gasteiger charge is -2.20. The zero-order valence-electron chi connectivity index (χ0n) is 11.2. The fraction of sp³-hybridized carbons (Fsp3) is 0.615. The molecule has 0 aromatic carbocycles. The Kier molecular flexibility index (Phi) is 4.75. The molecule has 0 amide bonds. The monoisotopic (exact) mass is 237 g/mol. The van der Waals surface area contributed by atoms with Crippen LogP contribution in [0.25, 0.3) is 0 Å². The predicted octanol–water partition coefficient (Wildman–Crippen LogP) is 1.67. The number of anilines is 1. The molecule has 17 heavy (non-hydrogen) atoms. The Morgan fingerprint density at radius 2 is 1.94 bits per heavy atom. The van der Waals surface area contributed by atoms with Gasteiger partial charge in [-0.05, 0) is 33.8 Å². The lowest BCUT2D eigenvalue weighted by atomic mass is 10.1. The fourth-order valence-electron chi connectivity index (χ4n) is 1.53. The smallest absolute Gasteiger partial charge is 0.250 e. The van der Waals surface area contributed by atoms with Gasteiger partial charge >= 0.3 is 0 Å². The highest BCUT2D eigenvalue weighted by Gasteiger charge is 2.06. The van der Waals surface area contributed by atoms with E-state index in [-0.39, 0.29) is 11.1 Å². The average molecular weight is 237 g/mol. The molecule has 0 saturated carbocycles. The van der Waals surface area contributed by atoms with Gasteiger partial charge in [-0.2, -0.15) is 0 Å². The summed E-state index contributed by atoms with van der Waals surface area (Å²) in [6, 6.07) is 3.43. The van der Waals surface area contributed by atoms with Gasteiger partial charge in [-0.1, -0.05) is 0 Å². The molecular weight excluding hydrogens is 214 g/mol. The number of aryl methyl sites for hydroxylation is 1. The first-order valence-electron chi connectivity index (χ1n) is 6.12. The van der Waals surface area contributed by atoms with Gasteiger partial charge in [-0.15, -0.1) is 0 Å². The summed E-state index contributed by atoms with van der Waals surface area (Å²) < 4.78 is 1.69. The van der Waals surface area contributed by atoms with Crippen molar-refractivity contribution in [2.75, 3.05) is 18.4 Å². The number of hydrogen-bond donors (Lipinski definition) is 2. The van der Waals surface area contributed by atoms with Crippen LogP contribution in [-0.4, -0.2) is 23.2 Å². The Morgan fingerprint density at radius 1 is 1.24 bits per heavy atom. The van der Waals surface area contributed by atoms with Crippen LogP contribution in [0.2, 0.25) is 0 Å². The second-order valence-corrected chi connectivity index (χ2v) is 5.15. The Labute approximate surface area is 103 Å². The van der Waals surface area contributed by atoms with E-state index in [2.05, 4.69) is 31.4 Å². The third kappa shape index (κ3) is 5.04. The van der Waals surface area contributed by atoms with Crippen molar-refractivity contribution in [1.29, 1.82) is 0 Å². The summed E-state index contributed by atoms with van der Waals surface area (Å²) >= 11 is 0. The number of rotatable bonds is 5. The summed E-state index contributed by atoms with van der Waals surface area (Å²) in [6.07, 6.45) is 1.86. The number of aromatic nitrogens is 1. The Balaban J connectivity index is 2.45. The highest BCUT2D eigenvalue weighted by molar-refractivity contribution is 5.40. The summed E-state index contributed by atoms with van der Waals surface area (Å²) in [7, 11) is 0. The van der Waals surface area contributed by atoms with Crippen LogP contribution >= 0.6 is 0 Å². The molecule has 1 aromatic rings. The second-order valence-electron chi connectivity index (χ2n) is 5.15. The average Bonchev–Trinajstić information content (AvgIpc) is 2.25. The van der Waals surface area contributed by atoms with Crippen LogP contribution in [0.3, 0.4) is 0 Å². The van der Waals surface area contributed by atoms with E-state index >= 15 is 0 Å². The maximum Gasteiger partial charge on any atom is 0.250 e. The van der Waals surface area contributed by atoms with Gasteiger partial charge in [0.25, 0.3) is 5.56 Å². The predicted molar refractivity (Wildman–Crippen MR) is 72.6 cm³/mol. The number of nitrogens with one attached hydrogen (secondary N) is 2. The van der Waals surface area contributed by atoms with Crippen LogP contribution in [0.5, 0.6) is 0 Å². The topological polar surface area (TPSA) is 46.1 Å². The zero-order chi connectivity index (χ0) is 12.9. The van der Waals surface area contributed by atoms with Crippen LogP contribution in [-0.2, 0) is 6.54 Å². The molecule has 0 atom stereocenters. The van der Waals surface area contributed by atoms with Gasteiger partial charge in [0.2, 0.25) is 0 Å². The van der Waals surface area contributed by atoms with Crippen molar-refractivity contribution >= 4 is 5.69 Å². The molecule has 0 unspecified atom stereocenters. The van der Waals surface area contributed by atoms with Crippen molar-refractivity contribution in [3.8, 4) is 0 Å². The van der Waals surface area contributed by atoms with Crippen molar-refractivity contribution in [3.05, 3.63) is 28.7 Å². The largest absolute Gasteiger partial charge is 0.383 e. The van der Waals surface area contributed by atoms with E-state index in [1.165, 1.54) is 0 Å². The molecule has 1 rings (SSSR count). The molecular formula is C13H23N3O. The first kappa shape index (κ1) is 13.8. The van der Waals surface area contributed by atoms with Crippen LogP contribution < -0.4 is 16.2 Å². The van der Waals surface area contributed by atoms with E-state index in [1.54, 1.807) is 10.6 Å². The Hall–Kier alpha value is -1.29. The van der Waals surface area contributed by atoms with E-state index in [4.69, 9.17) is 0 Å². The van der Waals surface area contributed by atoms with Gasteiger partial charge in [0.15, 0.2) is 0 Å². The number of pyridine rings is 1. The molecule has 0 fully saturated rings. The van der Waals surface area contributed by atoms with Gasteiger partial charge in [0, 0.05) is 37.4 Å². The van der Waals surface area contributed by atoms with Crippen molar-refractivity contribution in [2.45, 2.75) is 39.8 Å². The minimum atomic E-state index is 0.0471. The first-order valence-corrected chi connectivity index (χ1v) is 6.12. The van der Waals surface area contributed by atoms with E-state index in [9.17, 15) is 4.79 Å². The molecule has 0 aliphatic rings. The minimum absolute atomic E-state index is 0.0471. The molecule has 0 aliphatic heterocycles. The summed E-state index contributed by atoms with van der Waals surface area (Å²) in [5, 5.41) is 6.70. The Morgan fingerprint density at radius 3 is 2.53 bits per heavy atom. The molecule has 0 bridgehead atoms. The second kappa shape index (κ2) is 5.87. The number of hydrogen-bond acceptors (Lipinski definition) is 3. The van der Waals surface area contributed by atoms with Crippen LogP contribution in [0.1, 0.15) is 27.7 Å². The van der Waals surface area contributed by atoms with Gasteiger partial charge < -0.3 is 15.2 Å².